The Hall–Kier alpha value is -2.30. The lowest BCUT2D eigenvalue weighted by Gasteiger charge is -2.11. The number of methoxy groups -OCH3 is 1. The Morgan fingerprint density at radius 3 is 2.43 bits per heavy atom. The van der Waals surface area contributed by atoms with Crippen molar-refractivity contribution in [2.75, 3.05) is 20.3 Å². The van der Waals surface area contributed by atoms with Crippen LogP contribution in [0.5, 0.6) is 11.5 Å². The maximum atomic E-state index is 11.5. The molecule has 114 valence electrons. The Morgan fingerprint density at radius 1 is 1.14 bits per heavy atom. The number of rotatable bonds is 7. The predicted molar refractivity (Wildman–Crippen MR) is 78.9 cm³/mol. The summed E-state index contributed by atoms with van der Waals surface area (Å²) in [5.74, 6) is 0.214. The zero-order valence-electron chi connectivity index (χ0n) is 12.8. The van der Waals surface area contributed by atoms with E-state index in [1.54, 1.807) is 18.2 Å². The third-order valence-corrected chi connectivity index (χ3v) is 2.65. The van der Waals surface area contributed by atoms with E-state index in [9.17, 15) is 9.59 Å². The lowest BCUT2D eigenvalue weighted by Crippen LogP contribution is -2.14. The summed E-state index contributed by atoms with van der Waals surface area (Å²) in [5, 5.41) is 0. The molecule has 0 aliphatic rings. The molecule has 0 saturated heterocycles. The Labute approximate surface area is 124 Å². The van der Waals surface area contributed by atoms with Gasteiger partial charge < -0.3 is 14.2 Å². The first-order valence-electron chi connectivity index (χ1n) is 6.54. The normalized spacial score (nSPS) is 9.71. The smallest absolute Gasteiger partial charge is 0.343 e. The van der Waals surface area contributed by atoms with Crippen LogP contribution in [0.15, 0.2) is 29.8 Å². The summed E-state index contributed by atoms with van der Waals surface area (Å²) < 4.78 is 15.4. The Kier molecular flexibility index (Phi) is 6.46. The minimum Gasteiger partial charge on any atom is -0.489 e. The number of hydrogen-bond donors (Lipinski definition) is 0. The van der Waals surface area contributed by atoms with Crippen molar-refractivity contribution in [3.05, 3.63) is 35.4 Å². The fourth-order valence-electron chi connectivity index (χ4n) is 1.50. The summed E-state index contributed by atoms with van der Waals surface area (Å²) in [6.07, 6.45) is 1.94. The molecule has 0 bridgehead atoms. The Bertz CT molecular complexity index is 542. The van der Waals surface area contributed by atoms with E-state index in [-0.39, 0.29) is 12.4 Å². The van der Waals surface area contributed by atoms with Crippen LogP contribution in [0, 0.1) is 0 Å². The van der Waals surface area contributed by atoms with Gasteiger partial charge in [-0.2, -0.15) is 0 Å². The third kappa shape index (κ3) is 5.69. The standard InChI is InChI=1S/C16H20O5/c1-11(2)7-8-20-13-5-6-14(12(3)17)15(9-13)21-10-16(18)19-4/h5-7,9H,8,10H2,1-4H3. The molecular formula is C16H20O5. The van der Waals surface area contributed by atoms with Crippen LogP contribution in [0.4, 0.5) is 0 Å². The van der Waals surface area contributed by atoms with Crippen molar-refractivity contribution < 1.29 is 23.8 Å². The Balaban J connectivity index is 2.87. The molecule has 0 N–H and O–H groups in total. The van der Waals surface area contributed by atoms with Gasteiger partial charge in [0, 0.05) is 6.07 Å². The number of ketones is 1. The second-order valence-electron chi connectivity index (χ2n) is 4.67. The van der Waals surface area contributed by atoms with Crippen molar-refractivity contribution in [1.82, 2.24) is 0 Å². The van der Waals surface area contributed by atoms with Gasteiger partial charge in [0.2, 0.25) is 0 Å². The first-order chi connectivity index (χ1) is 9.93. The SMILES string of the molecule is COC(=O)COc1cc(OCC=C(C)C)ccc1C(C)=O. The lowest BCUT2D eigenvalue weighted by molar-refractivity contribution is -0.142. The fourth-order valence-corrected chi connectivity index (χ4v) is 1.50. The van der Waals surface area contributed by atoms with Gasteiger partial charge >= 0.3 is 5.97 Å². The van der Waals surface area contributed by atoms with E-state index in [4.69, 9.17) is 9.47 Å². The molecule has 0 heterocycles. The molecule has 0 aromatic heterocycles. The first-order valence-corrected chi connectivity index (χ1v) is 6.54. The van der Waals surface area contributed by atoms with Crippen molar-refractivity contribution >= 4 is 11.8 Å². The molecule has 0 amide bonds. The number of ether oxygens (including phenoxy) is 3. The molecule has 1 rings (SSSR count). The van der Waals surface area contributed by atoms with Gasteiger partial charge in [0.25, 0.3) is 0 Å². The molecule has 5 nitrogen and oxygen atoms in total. The van der Waals surface area contributed by atoms with Crippen LogP contribution in [-0.4, -0.2) is 32.1 Å². The Morgan fingerprint density at radius 2 is 1.86 bits per heavy atom. The van der Waals surface area contributed by atoms with Crippen LogP contribution in [0.1, 0.15) is 31.1 Å². The maximum Gasteiger partial charge on any atom is 0.343 e. The molecule has 1 aromatic rings. The van der Waals surface area contributed by atoms with E-state index < -0.39 is 5.97 Å². The van der Waals surface area contributed by atoms with Gasteiger partial charge in [-0.15, -0.1) is 0 Å². The number of Topliss-reactive ketones (excluding diaryl/α,β-unsaturated/α-hetero) is 1. The van der Waals surface area contributed by atoms with Gasteiger partial charge in [-0.25, -0.2) is 4.79 Å². The average Bonchev–Trinajstić information content (AvgIpc) is 2.44. The molecular weight excluding hydrogens is 272 g/mol. The second kappa shape index (κ2) is 8.09. The largest absolute Gasteiger partial charge is 0.489 e. The first kappa shape index (κ1) is 16.8. The van der Waals surface area contributed by atoms with Crippen molar-refractivity contribution in [2.24, 2.45) is 0 Å². The van der Waals surface area contributed by atoms with E-state index in [1.165, 1.54) is 14.0 Å². The van der Waals surface area contributed by atoms with Crippen molar-refractivity contribution in [3.63, 3.8) is 0 Å². The number of esters is 1. The summed E-state index contributed by atoms with van der Waals surface area (Å²) >= 11 is 0. The number of benzene rings is 1. The minimum absolute atomic E-state index is 0.147. The summed E-state index contributed by atoms with van der Waals surface area (Å²) in [6.45, 7) is 5.57. The van der Waals surface area contributed by atoms with Gasteiger partial charge in [-0.3, -0.25) is 4.79 Å². The fraction of sp³-hybridized carbons (Fsp3) is 0.375. The lowest BCUT2D eigenvalue weighted by atomic mass is 10.1. The van der Waals surface area contributed by atoms with E-state index in [1.807, 2.05) is 19.9 Å². The zero-order valence-corrected chi connectivity index (χ0v) is 12.8. The molecule has 0 spiro atoms. The number of carbonyl (C=O) groups is 2. The molecule has 0 unspecified atom stereocenters. The molecule has 0 radical (unpaired) electrons. The van der Waals surface area contributed by atoms with E-state index >= 15 is 0 Å². The quantitative estimate of drug-likeness (QED) is 0.439. The van der Waals surface area contributed by atoms with Gasteiger partial charge in [0.15, 0.2) is 12.4 Å². The molecule has 1 aromatic carbocycles. The van der Waals surface area contributed by atoms with Crippen LogP contribution in [0.25, 0.3) is 0 Å². The highest BCUT2D eigenvalue weighted by Crippen LogP contribution is 2.25. The third-order valence-electron chi connectivity index (χ3n) is 2.65. The van der Waals surface area contributed by atoms with Crippen molar-refractivity contribution in [1.29, 1.82) is 0 Å². The van der Waals surface area contributed by atoms with Gasteiger partial charge in [-0.1, -0.05) is 5.57 Å². The van der Waals surface area contributed by atoms with Crippen LogP contribution in [0.3, 0.4) is 0 Å². The average molecular weight is 292 g/mol. The molecule has 0 aliphatic carbocycles. The number of carbonyl (C=O) groups excluding carboxylic acids is 2. The van der Waals surface area contributed by atoms with Gasteiger partial charge in [0.05, 0.1) is 12.7 Å². The predicted octanol–water partition coefficient (Wildman–Crippen LogP) is 2.79. The van der Waals surface area contributed by atoms with Crippen LogP contribution in [-0.2, 0) is 9.53 Å². The van der Waals surface area contributed by atoms with Crippen LogP contribution in [0.2, 0.25) is 0 Å². The topological polar surface area (TPSA) is 61.8 Å². The monoisotopic (exact) mass is 292 g/mol. The van der Waals surface area contributed by atoms with Gasteiger partial charge in [0.1, 0.15) is 18.1 Å². The summed E-state index contributed by atoms with van der Waals surface area (Å²) in [5.41, 5.74) is 1.55. The molecule has 0 aliphatic heterocycles. The number of allylic oxidation sites excluding steroid dienone is 1. The summed E-state index contributed by atoms with van der Waals surface area (Å²) in [4.78, 5) is 22.7. The van der Waals surface area contributed by atoms with E-state index in [0.717, 1.165) is 5.57 Å². The van der Waals surface area contributed by atoms with Crippen LogP contribution < -0.4 is 9.47 Å². The zero-order chi connectivity index (χ0) is 15.8. The van der Waals surface area contributed by atoms with E-state index in [2.05, 4.69) is 4.74 Å². The minimum atomic E-state index is -0.514. The highest BCUT2D eigenvalue weighted by Gasteiger charge is 2.12. The van der Waals surface area contributed by atoms with E-state index in [0.29, 0.717) is 23.7 Å². The highest BCUT2D eigenvalue weighted by atomic mass is 16.6. The van der Waals surface area contributed by atoms with Crippen LogP contribution >= 0.6 is 0 Å². The molecule has 0 saturated carbocycles. The number of hydrogen-bond acceptors (Lipinski definition) is 5. The molecule has 21 heavy (non-hydrogen) atoms. The molecule has 5 heteroatoms. The molecule has 0 fully saturated rings. The molecule has 0 atom stereocenters. The maximum absolute atomic E-state index is 11.5. The second-order valence-corrected chi connectivity index (χ2v) is 4.67. The van der Waals surface area contributed by atoms with Gasteiger partial charge in [-0.05, 0) is 39.0 Å². The van der Waals surface area contributed by atoms with Crippen molar-refractivity contribution in [3.8, 4) is 11.5 Å². The highest BCUT2D eigenvalue weighted by molar-refractivity contribution is 5.97. The summed E-state index contributed by atoms with van der Waals surface area (Å²) in [6, 6.07) is 4.91. The summed E-state index contributed by atoms with van der Waals surface area (Å²) in [7, 11) is 1.27. The van der Waals surface area contributed by atoms with Crippen molar-refractivity contribution in [2.45, 2.75) is 20.8 Å².